The van der Waals surface area contributed by atoms with Gasteiger partial charge in [-0.2, -0.15) is 5.26 Å². The quantitative estimate of drug-likeness (QED) is 0.837. The molecule has 0 heterocycles. The number of benzene rings is 1. The van der Waals surface area contributed by atoms with E-state index in [9.17, 15) is 4.79 Å². The molecule has 0 aliphatic carbocycles. The summed E-state index contributed by atoms with van der Waals surface area (Å²) in [7, 11) is 1.59. The van der Waals surface area contributed by atoms with Crippen LogP contribution in [0.3, 0.4) is 0 Å². The predicted molar refractivity (Wildman–Crippen MR) is 69.3 cm³/mol. The Morgan fingerprint density at radius 3 is 2.94 bits per heavy atom. The van der Waals surface area contributed by atoms with E-state index in [-0.39, 0.29) is 11.8 Å². The van der Waals surface area contributed by atoms with Crippen LogP contribution in [-0.4, -0.2) is 19.6 Å². The van der Waals surface area contributed by atoms with Crippen molar-refractivity contribution in [3.63, 3.8) is 0 Å². The maximum Gasteiger partial charge on any atom is 0.220 e. The SMILES string of the molecule is CCNC(=O)CCC(C#N)c1cccc(OC)c1. The minimum absolute atomic E-state index is 0.0133. The molecular weight excluding hydrogens is 228 g/mol. The number of nitrogens with one attached hydrogen (secondary N) is 1. The first-order chi connectivity index (χ1) is 8.71. The number of carbonyl (C=O) groups is 1. The topological polar surface area (TPSA) is 62.1 Å². The highest BCUT2D eigenvalue weighted by atomic mass is 16.5. The maximum absolute atomic E-state index is 11.4. The van der Waals surface area contributed by atoms with Crippen LogP contribution >= 0.6 is 0 Å². The van der Waals surface area contributed by atoms with Gasteiger partial charge >= 0.3 is 0 Å². The molecule has 1 amide bonds. The zero-order valence-electron chi connectivity index (χ0n) is 10.8. The summed E-state index contributed by atoms with van der Waals surface area (Å²) in [5.74, 6) is 0.439. The minimum Gasteiger partial charge on any atom is -0.497 e. The molecule has 0 aliphatic heterocycles. The second-order valence-electron chi connectivity index (χ2n) is 3.95. The molecule has 1 N–H and O–H groups in total. The largest absolute Gasteiger partial charge is 0.497 e. The van der Waals surface area contributed by atoms with Crippen molar-refractivity contribution in [1.29, 1.82) is 5.26 Å². The van der Waals surface area contributed by atoms with Gasteiger partial charge in [0.1, 0.15) is 5.75 Å². The summed E-state index contributed by atoms with van der Waals surface area (Å²) in [5, 5.41) is 11.9. The first kappa shape index (κ1) is 14.0. The van der Waals surface area contributed by atoms with E-state index >= 15 is 0 Å². The van der Waals surface area contributed by atoms with E-state index in [0.717, 1.165) is 11.3 Å². The molecule has 4 nitrogen and oxygen atoms in total. The number of amides is 1. The van der Waals surface area contributed by atoms with Gasteiger partial charge in [0, 0.05) is 13.0 Å². The van der Waals surface area contributed by atoms with Crippen LogP contribution < -0.4 is 10.1 Å². The van der Waals surface area contributed by atoms with E-state index in [1.807, 2.05) is 31.2 Å². The fourth-order valence-corrected chi connectivity index (χ4v) is 1.73. The van der Waals surface area contributed by atoms with E-state index in [1.54, 1.807) is 7.11 Å². The number of nitriles is 1. The molecule has 18 heavy (non-hydrogen) atoms. The molecule has 1 aromatic carbocycles. The molecule has 0 saturated carbocycles. The van der Waals surface area contributed by atoms with Crippen LogP contribution in [0, 0.1) is 11.3 Å². The molecule has 1 rings (SSSR count). The number of methoxy groups -OCH3 is 1. The molecule has 0 radical (unpaired) electrons. The zero-order valence-corrected chi connectivity index (χ0v) is 10.8. The maximum atomic E-state index is 11.4. The van der Waals surface area contributed by atoms with Crippen LogP contribution in [0.4, 0.5) is 0 Å². The van der Waals surface area contributed by atoms with Crippen LogP contribution in [0.2, 0.25) is 0 Å². The molecule has 96 valence electrons. The van der Waals surface area contributed by atoms with Gasteiger partial charge in [-0.25, -0.2) is 0 Å². The normalized spacial score (nSPS) is 11.4. The Hall–Kier alpha value is -2.02. The van der Waals surface area contributed by atoms with Crippen LogP contribution in [0.5, 0.6) is 5.75 Å². The molecule has 0 spiro atoms. The van der Waals surface area contributed by atoms with Crippen molar-refractivity contribution in [2.24, 2.45) is 0 Å². The van der Waals surface area contributed by atoms with Crippen LogP contribution in [0.25, 0.3) is 0 Å². The molecule has 1 aromatic rings. The number of ether oxygens (including phenoxy) is 1. The first-order valence-electron chi connectivity index (χ1n) is 6.01. The van der Waals surface area contributed by atoms with Crippen LogP contribution in [0.1, 0.15) is 31.2 Å². The van der Waals surface area contributed by atoms with Crippen LogP contribution in [0.15, 0.2) is 24.3 Å². The Morgan fingerprint density at radius 2 is 2.33 bits per heavy atom. The molecule has 1 unspecified atom stereocenters. The molecule has 0 aliphatic rings. The molecular formula is C14H18N2O2. The number of rotatable bonds is 6. The smallest absolute Gasteiger partial charge is 0.220 e. The van der Waals surface area contributed by atoms with Gasteiger partial charge in [-0.05, 0) is 31.0 Å². The standard InChI is InChI=1S/C14H18N2O2/c1-3-16-14(17)8-7-12(10-15)11-5-4-6-13(9-11)18-2/h4-6,9,12H,3,7-8H2,1-2H3,(H,16,17). The molecule has 0 aromatic heterocycles. The first-order valence-corrected chi connectivity index (χ1v) is 6.01. The van der Waals surface area contributed by atoms with Crippen molar-refractivity contribution >= 4 is 5.91 Å². The van der Waals surface area contributed by atoms with Crippen molar-refractivity contribution in [1.82, 2.24) is 5.32 Å². The predicted octanol–water partition coefficient (Wildman–Crippen LogP) is 2.22. The Balaban J connectivity index is 2.66. The lowest BCUT2D eigenvalue weighted by Crippen LogP contribution is -2.22. The van der Waals surface area contributed by atoms with E-state index in [4.69, 9.17) is 10.00 Å². The second-order valence-corrected chi connectivity index (χ2v) is 3.95. The van der Waals surface area contributed by atoms with Crippen molar-refractivity contribution in [3.05, 3.63) is 29.8 Å². The van der Waals surface area contributed by atoms with Gasteiger partial charge in [-0.15, -0.1) is 0 Å². The molecule has 1 atom stereocenters. The summed E-state index contributed by atoms with van der Waals surface area (Å²) < 4.78 is 5.12. The van der Waals surface area contributed by atoms with Crippen LogP contribution in [-0.2, 0) is 4.79 Å². The van der Waals surface area contributed by atoms with Gasteiger partial charge < -0.3 is 10.1 Å². The highest BCUT2D eigenvalue weighted by Crippen LogP contribution is 2.24. The van der Waals surface area contributed by atoms with E-state index < -0.39 is 0 Å². The lowest BCUT2D eigenvalue weighted by atomic mass is 9.95. The number of hydrogen-bond acceptors (Lipinski definition) is 3. The number of carbonyl (C=O) groups excluding carboxylic acids is 1. The summed E-state index contributed by atoms with van der Waals surface area (Å²) in [4.78, 5) is 11.4. The summed E-state index contributed by atoms with van der Waals surface area (Å²) in [6.45, 7) is 2.50. The third-order valence-electron chi connectivity index (χ3n) is 2.69. The monoisotopic (exact) mass is 246 g/mol. The molecule has 0 fully saturated rings. The van der Waals surface area contributed by atoms with E-state index in [1.165, 1.54) is 0 Å². The number of hydrogen-bond donors (Lipinski definition) is 1. The Labute approximate surface area is 108 Å². The lowest BCUT2D eigenvalue weighted by molar-refractivity contribution is -0.121. The summed E-state index contributed by atoms with van der Waals surface area (Å²) >= 11 is 0. The minimum atomic E-state index is -0.275. The van der Waals surface area contributed by atoms with Crippen molar-refractivity contribution in [2.75, 3.05) is 13.7 Å². The third-order valence-corrected chi connectivity index (χ3v) is 2.69. The molecule has 0 saturated heterocycles. The highest BCUT2D eigenvalue weighted by molar-refractivity contribution is 5.75. The Kier molecular flexibility index (Phi) is 5.72. The van der Waals surface area contributed by atoms with E-state index in [2.05, 4.69) is 11.4 Å². The lowest BCUT2D eigenvalue weighted by Gasteiger charge is -2.10. The fourth-order valence-electron chi connectivity index (χ4n) is 1.73. The van der Waals surface area contributed by atoms with Gasteiger partial charge in [0.15, 0.2) is 0 Å². The Bertz CT molecular complexity index is 438. The summed E-state index contributed by atoms with van der Waals surface area (Å²) in [6, 6.07) is 9.64. The average Bonchev–Trinajstić information content (AvgIpc) is 2.40. The molecule has 4 heteroatoms. The summed E-state index contributed by atoms with van der Waals surface area (Å²) in [5.41, 5.74) is 0.890. The van der Waals surface area contributed by atoms with E-state index in [0.29, 0.717) is 19.4 Å². The zero-order chi connectivity index (χ0) is 13.4. The third kappa shape index (κ3) is 4.10. The highest BCUT2D eigenvalue weighted by Gasteiger charge is 2.13. The van der Waals surface area contributed by atoms with Gasteiger partial charge in [0.05, 0.1) is 19.1 Å². The van der Waals surface area contributed by atoms with Crippen molar-refractivity contribution in [2.45, 2.75) is 25.7 Å². The average molecular weight is 246 g/mol. The van der Waals surface area contributed by atoms with Gasteiger partial charge in [0.25, 0.3) is 0 Å². The van der Waals surface area contributed by atoms with Gasteiger partial charge in [-0.1, -0.05) is 12.1 Å². The number of nitrogens with zero attached hydrogens (tertiary/aromatic N) is 1. The van der Waals surface area contributed by atoms with Crippen molar-refractivity contribution in [3.8, 4) is 11.8 Å². The summed E-state index contributed by atoms with van der Waals surface area (Å²) in [6.07, 6.45) is 0.888. The fraction of sp³-hybridized carbons (Fsp3) is 0.429. The Morgan fingerprint density at radius 1 is 1.56 bits per heavy atom. The van der Waals surface area contributed by atoms with Crippen molar-refractivity contribution < 1.29 is 9.53 Å². The van der Waals surface area contributed by atoms with Gasteiger partial charge in [-0.3, -0.25) is 4.79 Å². The molecule has 0 bridgehead atoms. The second kappa shape index (κ2) is 7.33. The van der Waals surface area contributed by atoms with Gasteiger partial charge in [0.2, 0.25) is 5.91 Å².